The Morgan fingerprint density at radius 2 is 1.86 bits per heavy atom. The quantitative estimate of drug-likeness (QED) is 0.650. The van der Waals surface area contributed by atoms with Crippen LogP contribution in [0, 0.1) is 13.8 Å². The highest BCUT2D eigenvalue weighted by Crippen LogP contribution is 2.42. The Morgan fingerprint density at radius 3 is 2.50 bits per heavy atom. The lowest BCUT2D eigenvalue weighted by Crippen LogP contribution is -2.08. The summed E-state index contributed by atoms with van der Waals surface area (Å²) in [5.74, 6) is 0.391. The summed E-state index contributed by atoms with van der Waals surface area (Å²) in [6, 6.07) is 1.45. The molecule has 14 heavy (non-hydrogen) atoms. The van der Waals surface area contributed by atoms with E-state index in [-0.39, 0.29) is 11.5 Å². The Bertz CT molecular complexity index is 507. The Morgan fingerprint density at radius 1 is 1.21 bits per heavy atom. The van der Waals surface area contributed by atoms with Gasteiger partial charge in [-0.1, -0.05) is 0 Å². The summed E-state index contributed by atoms with van der Waals surface area (Å²) in [6.07, 6.45) is 0. The van der Waals surface area contributed by atoms with E-state index in [0.717, 1.165) is 5.56 Å². The third-order valence-electron chi connectivity index (χ3n) is 2.22. The van der Waals surface area contributed by atoms with Gasteiger partial charge in [0.05, 0.1) is 0 Å². The van der Waals surface area contributed by atoms with E-state index in [9.17, 15) is 8.42 Å². The molecule has 1 aliphatic heterocycles. The van der Waals surface area contributed by atoms with Crippen molar-refractivity contribution >= 4 is 16.1 Å². The van der Waals surface area contributed by atoms with Crippen molar-refractivity contribution in [3.63, 3.8) is 0 Å². The highest BCUT2D eigenvalue weighted by Gasteiger charge is 2.31. The standard InChI is InChI=1S/C8H9NO4S/c1-4-5(2)8-7(3-6(4)9)12-14(10,11)13-8/h3H,9H2,1-2H3. The van der Waals surface area contributed by atoms with Crippen molar-refractivity contribution in [1.29, 1.82) is 0 Å². The first-order valence-corrected chi connectivity index (χ1v) is 5.27. The molecule has 5 nitrogen and oxygen atoms in total. The van der Waals surface area contributed by atoms with Crippen LogP contribution in [0.15, 0.2) is 6.07 Å². The molecule has 1 aliphatic rings. The van der Waals surface area contributed by atoms with Crippen LogP contribution in [0.4, 0.5) is 5.69 Å². The fourth-order valence-electron chi connectivity index (χ4n) is 1.28. The summed E-state index contributed by atoms with van der Waals surface area (Å²) in [4.78, 5) is 0. The van der Waals surface area contributed by atoms with Gasteiger partial charge in [-0.05, 0) is 19.4 Å². The molecule has 76 valence electrons. The van der Waals surface area contributed by atoms with Gasteiger partial charge in [-0.2, -0.15) is 0 Å². The topological polar surface area (TPSA) is 78.6 Å². The van der Waals surface area contributed by atoms with Crippen LogP contribution < -0.4 is 14.1 Å². The Balaban J connectivity index is 2.70. The maximum Gasteiger partial charge on any atom is 0.501 e. The molecule has 0 aromatic heterocycles. The minimum Gasteiger partial charge on any atom is -0.398 e. The first kappa shape index (κ1) is 9.14. The smallest absolute Gasteiger partial charge is 0.398 e. The van der Waals surface area contributed by atoms with E-state index >= 15 is 0 Å². The molecule has 0 amide bonds. The fraction of sp³-hybridized carbons (Fsp3) is 0.250. The highest BCUT2D eigenvalue weighted by molar-refractivity contribution is 7.82. The first-order chi connectivity index (χ1) is 6.41. The first-order valence-electron chi connectivity index (χ1n) is 3.94. The minimum atomic E-state index is -3.92. The fourth-order valence-corrected chi connectivity index (χ4v) is 2.07. The number of nitrogen functional groups attached to an aromatic ring is 1. The van der Waals surface area contributed by atoms with Crippen LogP contribution in [-0.4, -0.2) is 8.42 Å². The third kappa shape index (κ3) is 1.19. The minimum absolute atomic E-state index is 0.158. The van der Waals surface area contributed by atoms with Crippen LogP contribution >= 0.6 is 0 Å². The van der Waals surface area contributed by atoms with E-state index in [1.165, 1.54) is 6.07 Å². The van der Waals surface area contributed by atoms with Gasteiger partial charge in [0.15, 0.2) is 11.5 Å². The molecule has 0 saturated carbocycles. The summed E-state index contributed by atoms with van der Waals surface area (Å²) in [5, 5.41) is 0. The molecule has 1 aromatic carbocycles. The van der Waals surface area contributed by atoms with E-state index in [1.54, 1.807) is 13.8 Å². The lowest BCUT2D eigenvalue weighted by atomic mass is 10.1. The van der Waals surface area contributed by atoms with E-state index < -0.39 is 10.4 Å². The number of anilines is 1. The predicted octanol–water partition coefficient (Wildman–Crippen LogP) is 0.902. The van der Waals surface area contributed by atoms with Crippen LogP contribution in [0.3, 0.4) is 0 Å². The van der Waals surface area contributed by atoms with E-state index in [2.05, 4.69) is 8.37 Å². The zero-order valence-electron chi connectivity index (χ0n) is 7.70. The number of rotatable bonds is 0. The normalized spacial score (nSPS) is 17.0. The summed E-state index contributed by atoms with van der Waals surface area (Å²) in [7, 11) is -3.92. The molecular formula is C8H9NO4S. The zero-order chi connectivity index (χ0) is 10.5. The van der Waals surface area contributed by atoms with Crippen molar-refractivity contribution in [3.8, 4) is 11.5 Å². The molecule has 2 rings (SSSR count). The molecule has 0 aliphatic carbocycles. The summed E-state index contributed by atoms with van der Waals surface area (Å²) < 4.78 is 31.2. The number of hydrogen-bond donors (Lipinski definition) is 1. The van der Waals surface area contributed by atoms with Crippen molar-refractivity contribution in [2.75, 3.05) is 5.73 Å². The van der Waals surface area contributed by atoms with Crippen molar-refractivity contribution in [3.05, 3.63) is 17.2 Å². The maximum absolute atomic E-state index is 11.0. The highest BCUT2D eigenvalue weighted by atomic mass is 32.3. The molecule has 1 heterocycles. The molecule has 0 unspecified atom stereocenters. The van der Waals surface area contributed by atoms with Crippen molar-refractivity contribution < 1.29 is 16.8 Å². The monoisotopic (exact) mass is 215 g/mol. The molecule has 0 saturated heterocycles. The maximum atomic E-state index is 11.0. The van der Waals surface area contributed by atoms with Crippen LogP contribution in [-0.2, 0) is 10.4 Å². The second-order valence-corrected chi connectivity index (χ2v) is 4.27. The van der Waals surface area contributed by atoms with Gasteiger partial charge < -0.3 is 14.1 Å². The summed E-state index contributed by atoms with van der Waals surface area (Å²) in [6.45, 7) is 3.52. The second kappa shape index (κ2) is 2.54. The van der Waals surface area contributed by atoms with E-state index in [4.69, 9.17) is 5.73 Å². The molecule has 0 fully saturated rings. The number of nitrogens with two attached hydrogens (primary N) is 1. The van der Waals surface area contributed by atoms with Gasteiger partial charge in [-0.25, -0.2) is 0 Å². The molecule has 6 heteroatoms. The van der Waals surface area contributed by atoms with Crippen LogP contribution in [0.5, 0.6) is 11.5 Å². The van der Waals surface area contributed by atoms with Gasteiger partial charge in [0.25, 0.3) is 0 Å². The molecule has 0 spiro atoms. The van der Waals surface area contributed by atoms with E-state index in [0.29, 0.717) is 11.3 Å². The Kier molecular flexibility index (Phi) is 1.66. The number of benzene rings is 1. The molecule has 1 aromatic rings. The van der Waals surface area contributed by atoms with Crippen molar-refractivity contribution in [2.24, 2.45) is 0 Å². The summed E-state index contributed by atoms with van der Waals surface area (Å²) in [5.41, 5.74) is 7.62. The molecule has 0 atom stereocenters. The average Bonchev–Trinajstić information content (AvgIpc) is 2.37. The van der Waals surface area contributed by atoms with Gasteiger partial charge >= 0.3 is 10.4 Å². The third-order valence-corrected chi connectivity index (χ3v) is 2.98. The number of fused-ring (bicyclic) bond motifs is 1. The van der Waals surface area contributed by atoms with Crippen LogP contribution in [0.25, 0.3) is 0 Å². The van der Waals surface area contributed by atoms with Crippen molar-refractivity contribution in [1.82, 2.24) is 0 Å². The lowest BCUT2D eigenvalue weighted by Gasteiger charge is -2.05. The van der Waals surface area contributed by atoms with Crippen LogP contribution in [0.2, 0.25) is 0 Å². The number of hydrogen-bond acceptors (Lipinski definition) is 5. The molecule has 0 bridgehead atoms. The second-order valence-electron chi connectivity index (χ2n) is 3.12. The molecular weight excluding hydrogens is 206 g/mol. The SMILES string of the molecule is Cc1c(N)cc2c(c1C)OS(=O)(=O)O2. The van der Waals surface area contributed by atoms with Gasteiger partial charge in [-0.3, -0.25) is 0 Å². The summed E-state index contributed by atoms with van der Waals surface area (Å²) >= 11 is 0. The van der Waals surface area contributed by atoms with Gasteiger partial charge in [-0.15, -0.1) is 8.42 Å². The van der Waals surface area contributed by atoms with Gasteiger partial charge in [0.1, 0.15) is 0 Å². The van der Waals surface area contributed by atoms with E-state index in [1.807, 2.05) is 0 Å². The van der Waals surface area contributed by atoms with Crippen LogP contribution in [0.1, 0.15) is 11.1 Å². The molecule has 0 radical (unpaired) electrons. The zero-order valence-corrected chi connectivity index (χ0v) is 8.51. The predicted molar refractivity (Wildman–Crippen MR) is 50.5 cm³/mol. The largest absolute Gasteiger partial charge is 0.501 e. The van der Waals surface area contributed by atoms with Crippen molar-refractivity contribution in [2.45, 2.75) is 13.8 Å². The average molecular weight is 215 g/mol. The molecule has 2 N–H and O–H groups in total. The lowest BCUT2D eigenvalue weighted by molar-refractivity contribution is 0.436. The Labute approximate surface area is 81.8 Å². The Hall–Kier alpha value is -1.43. The van der Waals surface area contributed by atoms with Gasteiger partial charge in [0.2, 0.25) is 0 Å². The van der Waals surface area contributed by atoms with Gasteiger partial charge in [0, 0.05) is 17.3 Å².